The maximum Gasteiger partial charge on any atom is 0.246 e. The molecule has 1 heterocycles. The van der Waals surface area contributed by atoms with Gasteiger partial charge in [0.2, 0.25) is 5.91 Å². The average Bonchev–Trinajstić information content (AvgIpc) is 2.38. The number of nitrogens with two attached hydrogens (primary N) is 1. The van der Waals surface area contributed by atoms with E-state index in [4.69, 9.17) is 17.3 Å². The smallest absolute Gasteiger partial charge is 0.246 e. The molecule has 1 amide bonds. The third kappa shape index (κ3) is 3.50. The van der Waals surface area contributed by atoms with E-state index in [1.54, 1.807) is 30.5 Å². The van der Waals surface area contributed by atoms with Crippen molar-refractivity contribution in [1.29, 1.82) is 0 Å². The zero-order valence-electron chi connectivity index (χ0n) is 10.1. The van der Waals surface area contributed by atoms with Crippen LogP contribution >= 0.6 is 43.5 Å². The van der Waals surface area contributed by atoms with Gasteiger partial charge in [-0.25, -0.2) is 0 Å². The number of carbonyl (C=O) groups is 1. The molecule has 1 atom stereocenters. The molecular formula is C13H10Br2ClN3O. The van der Waals surface area contributed by atoms with Crippen molar-refractivity contribution < 1.29 is 4.79 Å². The lowest BCUT2D eigenvalue weighted by molar-refractivity contribution is -0.118. The lowest BCUT2D eigenvalue weighted by atomic mass is 10.1. The molecule has 7 heteroatoms. The second-order valence-electron chi connectivity index (χ2n) is 3.98. The number of nitrogens with zero attached hydrogens (tertiary/aromatic N) is 1. The topological polar surface area (TPSA) is 68.0 Å². The zero-order valence-corrected chi connectivity index (χ0v) is 14.0. The summed E-state index contributed by atoms with van der Waals surface area (Å²) in [5.41, 5.74) is 6.58. The molecule has 4 nitrogen and oxygen atoms in total. The number of aromatic nitrogens is 1. The van der Waals surface area contributed by atoms with Crippen molar-refractivity contribution in [2.24, 2.45) is 5.73 Å². The van der Waals surface area contributed by atoms with Gasteiger partial charge in [0.1, 0.15) is 6.04 Å². The number of pyridine rings is 1. The summed E-state index contributed by atoms with van der Waals surface area (Å²) in [6, 6.07) is 8.14. The predicted octanol–water partition coefficient (Wildman–Crippen LogP) is 3.90. The lowest BCUT2D eigenvalue weighted by Crippen LogP contribution is -2.29. The third-order valence-corrected chi connectivity index (χ3v) is 3.97. The van der Waals surface area contributed by atoms with Crippen LogP contribution in [0.3, 0.4) is 0 Å². The van der Waals surface area contributed by atoms with Crippen molar-refractivity contribution in [1.82, 2.24) is 4.98 Å². The minimum Gasteiger partial charge on any atom is -0.368 e. The molecule has 0 saturated carbocycles. The van der Waals surface area contributed by atoms with Gasteiger partial charge >= 0.3 is 0 Å². The molecule has 0 aliphatic heterocycles. The first-order chi connectivity index (χ1) is 9.49. The maximum absolute atomic E-state index is 11.7. The van der Waals surface area contributed by atoms with Gasteiger partial charge in [0.05, 0.1) is 16.4 Å². The van der Waals surface area contributed by atoms with Gasteiger partial charge in [0, 0.05) is 15.1 Å². The minimum atomic E-state index is -0.780. The molecule has 1 unspecified atom stereocenters. The van der Waals surface area contributed by atoms with Crippen molar-refractivity contribution in [3.63, 3.8) is 0 Å². The number of para-hydroxylation sites is 1. The van der Waals surface area contributed by atoms with Crippen molar-refractivity contribution in [3.05, 3.63) is 56.2 Å². The molecule has 0 bridgehead atoms. The van der Waals surface area contributed by atoms with Crippen molar-refractivity contribution in [3.8, 4) is 0 Å². The molecule has 20 heavy (non-hydrogen) atoms. The molecule has 0 aliphatic carbocycles. The first kappa shape index (κ1) is 15.3. The van der Waals surface area contributed by atoms with E-state index in [1.165, 1.54) is 0 Å². The van der Waals surface area contributed by atoms with E-state index in [1.807, 2.05) is 6.07 Å². The number of carbonyl (C=O) groups excluding carboxylic acids is 1. The maximum atomic E-state index is 11.7. The van der Waals surface area contributed by atoms with Crippen LogP contribution in [0.25, 0.3) is 0 Å². The Hall–Kier alpha value is -1.11. The summed E-state index contributed by atoms with van der Waals surface area (Å²) in [5, 5.41) is 3.52. The predicted molar refractivity (Wildman–Crippen MR) is 86.6 cm³/mol. The second kappa shape index (κ2) is 6.56. The summed E-state index contributed by atoms with van der Waals surface area (Å²) in [6.07, 6.45) is 1.60. The molecule has 104 valence electrons. The molecule has 0 radical (unpaired) electrons. The summed E-state index contributed by atoms with van der Waals surface area (Å²) < 4.78 is 1.48. The van der Waals surface area contributed by atoms with E-state index in [0.29, 0.717) is 20.9 Å². The molecule has 0 fully saturated rings. The van der Waals surface area contributed by atoms with Gasteiger partial charge in [0.15, 0.2) is 0 Å². The highest BCUT2D eigenvalue weighted by Crippen LogP contribution is 2.29. The Balaban J connectivity index is 2.37. The number of rotatable bonds is 4. The molecule has 0 saturated heterocycles. The van der Waals surface area contributed by atoms with Gasteiger partial charge in [-0.05, 0) is 50.1 Å². The Morgan fingerprint density at radius 1 is 1.35 bits per heavy atom. The number of amides is 1. The van der Waals surface area contributed by atoms with E-state index >= 15 is 0 Å². The Labute approximate surface area is 138 Å². The SMILES string of the molecule is NC(=O)C(Nc1ccccc1Cl)c1ncc(Br)cc1Br. The molecule has 1 aromatic heterocycles. The van der Waals surface area contributed by atoms with Crippen molar-refractivity contribution >= 4 is 55.1 Å². The number of benzene rings is 1. The Kier molecular flexibility index (Phi) is 5.01. The highest BCUT2D eigenvalue weighted by Gasteiger charge is 2.22. The minimum absolute atomic E-state index is 0.501. The van der Waals surface area contributed by atoms with Crippen LogP contribution in [0.15, 0.2) is 45.5 Å². The van der Waals surface area contributed by atoms with Crippen LogP contribution in [0.2, 0.25) is 5.02 Å². The van der Waals surface area contributed by atoms with Crippen LogP contribution in [0.5, 0.6) is 0 Å². The van der Waals surface area contributed by atoms with Gasteiger partial charge in [-0.1, -0.05) is 23.7 Å². The molecular weight excluding hydrogens is 409 g/mol. The summed E-state index contributed by atoms with van der Waals surface area (Å²) in [6.45, 7) is 0. The number of anilines is 1. The summed E-state index contributed by atoms with van der Waals surface area (Å²) in [4.78, 5) is 15.9. The van der Waals surface area contributed by atoms with Crippen LogP contribution < -0.4 is 11.1 Å². The average molecular weight is 420 g/mol. The fraction of sp³-hybridized carbons (Fsp3) is 0.0769. The largest absolute Gasteiger partial charge is 0.368 e. The lowest BCUT2D eigenvalue weighted by Gasteiger charge is -2.18. The van der Waals surface area contributed by atoms with Crippen LogP contribution in [0.4, 0.5) is 5.69 Å². The first-order valence-electron chi connectivity index (χ1n) is 5.60. The van der Waals surface area contributed by atoms with E-state index < -0.39 is 11.9 Å². The Morgan fingerprint density at radius 3 is 2.65 bits per heavy atom. The quantitative estimate of drug-likeness (QED) is 0.790. The van der Waals surface area contributed by atoms with Gasteiger partial charge < -0.3 is 11.1 Å². The molecule has 1 aromatic carbocycles. The number of primary amides is 1. The third-order valence-electron chi connectivity index (χ3n) is 2.57. The van der Waals surface area contributed by atoms with Gasteiger partial charge in [-0.2, -0.15) is 0 Å². The van der Waals surface area contributed by atoms with Crippen LogP contribution in [0.1, 0.15) is 11.7 Å². The second-order valence-corrected chi connectivity index (χ2v) is 6.16. The Bertz CT molecular complexity index is 651. The summed E-state index contributed by atoms with van der Waals surface area (Å²) >= 11 is 12.8. The highest BCUT2D eigenvalue weighted by molar-refractivity contribution is 9.11. The van der Waals surface area contributed by atoms with E-state index in [0.717, 1.165) is 4.47 Å². The zero-order chi connectivity index (χ0) is 14.7. The van der Waals surface area contributed by atoms with Gasteiger partial charge in [0.25, 0.3) is 0 Å². The fourth-order valence-electron chi connectivity index (χ4n) is 1.65. The van der Waals surface area contributed by atoms with Crippen LogP contribution in [-0.4, -0.2) is 10.9 Å². The highest BCUT2D eigenvalue weighted by atomic mass is 79.9. The molecule has 0 spiro atoms. The molecule has 3 N–H and O–H groups in total. The summed E-state index contributed by atoms with van der Waals surface area (Å²) in [7, 11) is 0. The fourth-order valence-corrected chi connectivity index (χ4v) is 3.05. The molecule has 0 aliphatic rings. The first-order valence-corrected chi connectivity index (χ1v) is 7.56. The number of hydrogen-bond acceptors (Lipinski definition) is 3. The number of hydrogen-bond donors (Lipinski definition) is 2. The van der Waals surface area contributed by atoms with Crippen LogP contribution in [-0.2, 0) is 4.79 Å². The normalized spacial score (nSPS) is 11.9. The van der Waals surface area contributed by atoms with E-state index in [9.17, 15) is 4.79 Å². The Morgan fingerprint density at radius 2 is 2.05 bits per heavy atom. The molecule has 2 rings (SSSR count). The number of nitrogens with one attached hydrogen (secondary N) is 1. The van der Waals surface area contributed by atoms with Crippen molar-refractivity contribution in [2.45, 2.75) is 6.04 Å². The number of halogens is 3. The van der Waals surface area contributed by atoms with Crippen molar-refractivity contribution in [2.75, 3.05) is 5.32 Å². The van der Waals surface area contributed by atoms with E-state index in [-0.39, 0.29) is 0 Å². The van der Waals surface area contributed by atoms with Gasteiger partial charge in [-0.3, -0.25) is 9.78 Å². The van der Waals surface area contributed by atoms with E-state index in [2.05, 4.69) is 42.2 Å². The van der Waals surface area contributed by atoms with Crippen LogP contribution in [0, 0.1) is 0 Å². The monoisotopic (exact) mass is 417 g/mol. The summed E-state index contributed by atoms with van der Waals surface area (Å²) in [5.74, 6) is -0.541. The van der Waals surface area contributed by atoms with Gasteiger partial charge in [-0.15, -0.1) is 0 Å². The molecule has 2 aromatic rings. The standard InChI is InChI=1S/C13H10Br2ClN3O/c14-7-5-8(15)11(18-6-7)12(13(17)20)19-10-4-2-1-3-9(10)16/h1-6,12,19H,(H2,17,20).